The van der Waals surface area contributed by atoms with Gasteiger partial charge in [0.25, 0.3) is 0 Å². The highest BCUT2D eigenvalue weighted by molar-refractivity contribution is 9.10. The van der Waals surface area contributed by atoms with Gasteiger partial charge in [0.05, 0.1) is 0 Å². The van der Waals surface area contributed by atoms with E-state index < -0.39 is 0 Å². The predicted octanol–water partition coefficient (Wildman–Crippen LogP) is 4.77. The third-order valence-electron chi connectivity index (χ3n) is 4.41. The Hall–Kier alpha value is -0.760. The number of hydrogen-bond acceptors (Lipinski definition) is 1. The van der Waals surface area contributed by atoms with Crippen LogP contribution in [0.15, 0.2) is 34.8 Å². The van der Waals surface area contributed by atoms with Crippen molar-refractivity contribution in [1.82, 2.24) is 0 Å². The van der Waals surface area contributed by atoms with Crippen molar-refractivity contribution in [1.29, 1.82) is 0 Å². The standard InChI is InChI=1S/C16H20BrN/c1-10-5-14(17)9-15(6-10)18-11(2)16-8-12-3-4-13(16)7-12/h3-6,9,11-13,16,18H,7-8H2,1-2H3. The molecule has 2 aliphatic carbocycles. The van der Waals surface area contributed by atoms with Crippen molar-refractivity contribution in [2.45, 2.75) is 32.7 Å². The molecule has 1 aromatic rings. The number of fused-ring (bicyclic) bond motifs is 2. The predicted molar refractivity (Wildman–Crippen MR) is 80.8 cm³/mol. The summed E-state index contributed by atoms with van der Waals surface area (Å²) < 4.78 is 1.16. The number of aryl methyl sites for hydroxylation is 1. The Morgan fingerprint density at radius 3 is 2.67 bits per heavy atom. The summed E-state index contributed by atoms with van der Waals surface area (Å²) in [5.41, 5.74) is 2.54. The smallest absolute Gasteiger partial charge is 0.0356 e. The van der Waals surface area contributed by atoms with Crippen LogP contribution in [0, 0.1) is 24.7 Å². The highest BCUT2D eigenvalue weighted by Crippen LogP contribution is 2.45. The van der Waals surface area contributed by atoms with Gasteiger partial charge >= 0.3 is 0 Å². The van der Waals surface area contributed by atoms with Crippen molar-refractivity contribution in [2.75, 3.05) is 5.32 Å². The Bertz CT molecular complexity index is 460. The molecular weight excluding hydrogens is 286 g/mol. The van der Waals surface area contributed by atoms with E-state index in [0.717, 1.165) is 22.2 Å². The van der Waals surface area contributed by atoms with E-state index >= 15 is 0 Å². The Labute approximate surface area is 118 Å². The Morgan fingerprint density at radius 2 is 2.06 bits per heavy atom. The van der Waals surface area contributed by atoms with Crippen molar-refractivity contribution >= 4 is 21.6 Å². The fourth-order valence-corrected chi connectivity index (χ4v) is 4.20. The third kappa shape index (κ3) is 2.35. The van der Waals surface area contributed by atoms with Crippen LogP contribution < -0.4 is 5.32 Å². The lowest BCUT2D eigenvalue weighted by Crippen LogP contribution is -2.28. The monoisotopic (exact) mass is 305 g/mol. The minimum absolute atomic E-state index is 0.554. The number of allylic oxidation sites excluding steroid dienone is 2. The average Bonchev–Trinajstić information content (AvgIpc) is 2.88. The molecule has 0 radical (unpaired) electrons. The Kier molecular flexibility index (Phi) is 3.23. The van der Waals surface area contributed by atoms with Crippen LogP contribution in [0.1, 0.15) is 25.3 Å². The number of rotatable bonds is 3. The largest absolute Gasteiger partial charge is 0.382 e. The van der Waals surface area contributed by atoms with E-state index in [4.69, 9.17) is 0 Å². The lowest BCUT2D eigenvalue weighted by atomic mass is 9.87. The van der Waals surface area contributed by atoms with Gasteiger partial charge in [-0.15, -0.1) is 0 Å². The summed E-state index contributed by atoms with van der Waals surface area (Å²) in [6, 6.07) is 7.10. The number of nitrogens with one attached hydrogen (secondary N) is 1. The maximum absolute atomic E-state index is 3.69. The zero-order chi connectivity index (χ0) is 12.7. The molecule has 18 heavy (non-hydrogen) atoms. The molecule has 1 saturated carbocycles. The molecule has 0 aromatic heterocycles. The van der Waals surface area contributed by atoms with Crippen LogP contribution in [0.5, 0.6) is 0 Å². The third-order valence-corrected chi connectivity index (χ3v) is 4.87. The molecule has 3 rings (SSSR count). The van der Waals surface area contributed by atoms with E-state index in [-0.39, 0.29) is 0 Å². The quantitative estimate of drug-likeness (QED) is 0.793. The number of halogens is 1. The van der Waals surface area contributed by atoms with E-state index in [9.17, 15) is 0 Å². The van der Waals surface area contributed by atoms with E-state index in [1.54, 1.807) is 0 Å². The van der Waals surface area contributed by atoms with Crippen LogP contribution in [-0.2, 0) is 0 Å². The van der Waals surface area contributed by atoms with Gasteiger partial charge < -0.3 is 5.32 Å². The lowest BCUT2D eigenvalue weighted by Gasteiger charge is -2.27. The van der Waals surface area contributed by atoms with Gasteiger partial charge in [-0.25, -0.2) is 0 Å². The molecule has 2 aliphatic rings. The number of benzene rings is 1. The molecule has 0 heterocycles. The maximum Gasteiger partial charge on any atom is 0.0356 e. The van der Waals surface area contributed by atoms with Crippen molar-refractivity contribution in [3.05, 3.63) is 40.4 Å². The Balaban J connectivity index is 1.70. The number of hydrogen-bond donors (Lipinski definition) is 1. The molecule has 0 saturated heterocycles. The van der Waals surface area contributed by atoms with Crippen LogP contribution in [0.2, 0.25) is 0 Å². The molecule has 0 spiro atoms. The summed E-state index contributed by atoms with van der Waals surface area (Å²) in [5, 5.41) is 3.69. The van der Waals surface area contributed by atoms with Crippen LogP contribution in [0.3, 0.4) is 0 Å². The first-order chi connectivity index (χ1) is 8.61. The van der Waals surface area contributed by atoms with Crippen LogP contribution in [-0.4, -0.2) is 6.04 Å². The average molecular weight is 306 g/mol. The normalized spacial score (nSPS) is 30.7. The van der Waals surface area contributed by atoms with Crippen molar-refractivity contribution in [2.24, 2.45) is 17.8 Å². The molecule has 2 heteroatoms. The lowest BCUT2D eigenvalue weighted by molar-refractivity contribution is 0.400. The molecule has 2 bridgehead atoms. The summed E-state index contributed by atoms with van der Waals surface area (Å²) in [5.74, 6) is 2.47. The molecule has 1 aromatic carbocycles. The molecule has 1 fully saturated rings. The van der Waals surface area contributed by atoms with Gasteiger partial charge in [-0.2, -0.15) is 0 Å². The SMILES string of the molecule is Cc1cc(Br)cc(NC(C)C2CC3C=CC2C3)c1. The van der Waals surface area contributed by atoms with Gasteiger partial charge in [0.2, 0.25) is 0 Å². The van der Waals surface area contributed by atoms with E-state index in [1.807, 2.05) is 0 Å². The van der Waals surface area contributed by atoms with Gasteiger partial charge in [0.1, 0.15) is 0 Å². The molecule has 4 atom stereocenters. The van der Waals surface area contributed by atoms with Crippen molar-refractivity contribution < 1.29 is 0 Å². The van der Waals surface area contributed by atoms with Gasteiger partial charge in [0, 0.05) is 16.2 Å². The summed E-state index contributed by atoms with van der Waals surface area (Å²) in [6.07, 6.45) is 7.59. The minimum atomic E-state index is 0.554. The minimum Gasteiger partial charge on any atom is -0.382 e. The van der Waals surface area contributed by atoms with Gasteiger partial charge in [-0.3, -0.25) is 0 Å². The topological polar surface area (TPSA) is 12.0 Å². The second kappa shape index (κ2) is 4.73. The van der Waals surface area contributed by atoms with Crippen LogP contribution in [0.25, 0.3) is 0 Å². The molecular formula is C16H20BrN. The fourth-order valence-electron chi connectivity index (χ4n) is 3.59. The summed E-state index contributed by atoms with van der Waals surface area (Å²) >= 11 is 3.57. The molecule has 96 valence electrons. The molecule has 0 aliphatic heterocycles. The first-order valence-electron chi connectivity index (χ1n) is 6.84. The first-order valence-corrected chi connectivity index (χ1v) is 7.63. The van der Waals surface area contributed by atoms with Crippen molar-refractivity contribution in [3.63, 3.8) is 0 Å². The zero-order valence-corrected chi connectivity index (χ0v) is 12.6. The van der Waals surface area contributed by atoms with Gasteiger partial charge in [0.15, 0.2) is 0 Å². The molecule has 0 amide bonds. The summed E-state index contributed by atoms with van der Waals surface area (Å²) in [6.45, 7) is 4.47. The molecule has 1 nitrogen and oxygen atoms in total. The second-order valence-electron chi connectivity index (χ2n) is 5.89. The molecule has 4 unspecified atom stereocenters. The van der Waals surface area contributed by atoms with Gasteiger partial charge in [-0.1, -0.05) is 28.1 Å². The van der Waals surface area contributed by atoms with Crippen LogP contribution in [0.4, 0.5) is 5.69 Å². The Morgan fingerprint density at radius 1 is 1.22 bits per heavy atom. The second-order valence-corrected chi connectivity index (χ2v) is 6.81. The maximum atomic E-state index is 3.69. The summed E-state index contributed by atoms with van der Waals surface area (Å²) in [7, 11) is 0. The first kappa shape index (κ1) is 12.3. The van der Waals surface area contributed by atoms with Crippen LogP contribution >= 0.6 is 15.9 Å². The highest BCUT2D eigenvalue weighted by atomic mass is 79.9. The van der Waals surface area contributed by atoms with Gasteiger partial charge in [-0.05, 0) is 68.2 Å². The highest BCUT2D eigenvalue weighted by Gasteiger charge is 2.38. The van der Waals surface area contributed by atoms with E-state index in [1.165, 1.54) is 24.1 Å². The zero-order valence-electron chi connectivity index (χ0n) is 11.0. The van der Waals surface area contributed by atoms with E-state index in [2.05, 4.69) is 65.4 Å². The van der Waals surface area contributed by atoms with E-state index in [0.29, 0.717) is 6.04 Å². The number of anilines is 1. The fraction of sp³-hybridized carbons (Fsp3) is 0.500. The molecule has 1 N–H and O–H groups in total. The summed E-state index contributed by atoms with van der Waals surface area (Å²) in [4.78, 5) is 0. The van der Waals surface area contributed by atoms with Crippen molar-refractivity contribution in [3.8, 4) is 0 Å².